The van der Waals surface area contributed by atoms with Crippen molar-refractivity contribution in [2.45, 2.75) is 104 Å². The van der Waals surface area contributed by atoms with Crippen molar-refractivity contribution in [2.24, 2.45) is 11.3 Å². The van der Waals surface area contributed by atoms with Gasteiger partial charge in [-0.25, -0.2) is 0 Å². The lowest BCUT2D eigenvalue weighted by Crippen LogP contribution is -2.66. The van der Waals surface area contributed by atoms with E-state index in [0.29, 0.717) is 45.6 Å². The smallest absolute Gasteiger partial charge is 0.261 e. The Labute approximate surface area is 288 Å². The second-order valence-electron chi connectivity index (χ2n) is 16.2. The maximum Gasteiger partial charge on any atom is 0.261 e. The van der Waals surface area contributed by atoms with E-state index in [0.717, 1.165) is 19.3 Å². The molecule has 0 amide bonds. The van der Waals surface area contributed by atoms with Crippen molar-refractivity contribution in [2.75, 3.05) is 39.6 Å². The summed E-state index contributed by atoms with van der Waals surface area (Å²) in [4.78, 5) is 0. The van der Waals surface area contributed by atoms with Crippen molar-refractivity contribution < 1.29 is 23.1 Å². The minimum absolute atomic E-state index is 0.0299. The lowest BCUT2D eigenvalue weighted by atomic mass is 9.66. The van der Waals surface area contributed by atoms with Crippen molar-refractivity contribution in [3.63, 3.8) is 0 Å². The Bertz CT molecular complexity index is 1340. The summed E-state index contributed by atoms with van der Waals surface area (Å²) < 4.78 is 32.3. The molecule has 1 heterocycles. The van der Waals surface area contributed by atoms with Crippen LogP contribution in [0.5, 0.6) is 0 Å². The summed E-state index contributed by atoms with van der Waals surface area (Å²) in [6.45, 7) is 26.5. The zero-order valence-electron chi connectivity index (χ0n) is 30.8. The van der Waals surface area contributed by atoms with E-state index in [1.54, 1.807) is 0 Å². The van der Waals surface area contributed by atoms with Gasteiger partial charge < -0.3 is 23.1 Å². The van der Waals surface area contributed by atoms with E-state index in [9.17, 15) is 0 Å². The van der Waals surface area contributed by atoms with Gasteiger partial charge in [0.2, 0.25) is 0 Å². The van der Waals surface area contributed by atoms with Crippen molar-refractivity contribution in [1.29, 1.82) is 0 Å². The highest BCUT2D eigenvalue weighted by Crippen LogP contribution is 2.49. The molecule has 1 saturated heterocycles. The lowest BCUT2D eigenvalue weighted by molar-refractivity contribution is -0.147. The van der Waals surface area contributed by atoms with Crippen molar-refractivity contribution in [1.82, 2.24) is 0 Å². The number of hydrogen-bond acceptors (Lipinski definition) is 5. The molecule has 47 heavy (non-hydrogen) atoms. The maximum absolute atomic E-state index is 7.02. The zero-order chi connectivity index (χ0) is 34.4. The molecule has 0 N–H and O–H groups in total. The van der Waals surface area contributed by atoms with E-state index < -0.39 is 22.4 Å². The first-order chi connectivity index (χ1) is 22.1. The number of unbranched alkanes of at least 4 members (excludes halogenated alkanes) is 1. The van der Waals surface area contributed by atoms with Gasteiger partial charge in [-0.3, -0.25) is 0 Å². The lowest BCUT2D eigenvalue weighted by Gasteiger charge is -2.48. The molecule has 0 saturated carbocycles. The third kappa shape index (κ3) is 8.59. The number of benzene rings is 2. The van der Waals surface area contributed by atoms with Crippen LogP contribution in [-0.2, 0) is 23.1 Å². The van der Waals surface area contributed by atoms with Gasteiger partial charge >= 0.3 is 0 Å². The maximum atomic E-state index is 7.02. The fraction of sp³-hybridized carbons (Fsp3) is 0.600. The van der Waals surface area contributed by atoms with Gasteiger partial charge in [0.15, 0.2) is 14.1 Å². The molecule has 1 spiro atoms. The third-order valence-corrected chi connectivity index (χ3v) is 20.4. The first-order valence-corrected chi connectivity index (χ1v) is 22.3. The Morgan fingerprint density at radius 1 is 0.830 bits per heavy atom. The van der Waals surface area contributed by atoms with Crippen LogP contribution < -0.4 is 10.4 Å². The molecule has 2 aliphatic rings. The van der Waals surface area contributed by atoms with E-state index in [2.05, 4.69) is 147 Å². The van der Waals surface area contributed by atoms with E-state index in [4.69, 9.17) is 23.1 Å². The third-order valence-electron chi connectivity index (χ3n) is 10.9. The molecule has 0 bridgehead atoms. The Hall–Kier alpha value is -2.03. The van der Waals surface area contributed by atoms with Crippen LogP contribution in [0.25, 0.3) is 0 Å². The summed E-state index contributed by atoms with van der Waals surface area (Å²) in [6.07, 6.45) is 4.65. The minimum atomic E-state index is -2.52. The predicted molar refractivity (Wildman–Crippen MR) is 199 cm³/mol. The van der Waals surface area contributed by atoms with Gasteiger partial charge in [0.25, 0.3) is 8.32 Å². The standard InChI is InChI=1S/C40H60O5Si2/c1-33-29-40(42-27-28-43-40)30-34(39(33,8)32-45-46(9,10)37(2,3)4)31-41-25-19-11-12-20-26-44-47(38(5,6)7,35-21-15-13-16-22-35)36-23-17-14-18-24-36/h13-18,21-24,30,33H,12,20,25-29,31-32H2,1-10H3/t33-,39+/m0/s1. The van der Waals surface area contributed by atoms with Gasteiger partial charge in [0.1, 0.15) is 6.61 Å². The molecule has 0 aromatic heterocycles. The molecule has 1 aliphatic carbocycles. The summed E-state index contributed by atoms with van der Waals surface area (Å²) in [6, 6.07) is 21.6. The Morgan fingerprint density at radius 3 is 1.94 bits per heavy atom. The SMILES string of the molecule is C[C@H]1CC2(C=C(COCC#CCCCO[Si](c3ccccc3)(c3ccccc3)C(C)(C)C)[C@]1(C)CO[Si](C)(C)C(C)(C)C)OCCO2. The van der Waals surface area contributed by atoms with Crippen LogP contribution in [0.1, 0.15) is 74.7 Å². The Morgan fingerprint density at radius 2 is 1.40 bits per heavy atom. The summed E-state index contributed by atoms with van der Waals surface area (Å²) in [5.74, 6) is 6.27. The van der Waals surface area contributed by atoms with Crippen LogP contribution in [-0.4, -0.2) is 62.1 Å². The van der Waals surface area contributed by atoms with Gasteiger partial charge in [0, 0.05) is 31.5 Å². The molecule has 2 aromatic rings. The van der Waals surface area contributed by atoms with Crippen LogP contribution >= 0.6 is 0 Å². The Kier molecular flexibility index (Phi) is 12.3. The van der Waals surface area contributed by atoms with E-state index in [1.807, 2.05) is 0 Å². The van der Waals surface area contributed by atoms with Crippen LogP contribution in [0.4, 0.5) is 0 Å². The fourth-order valence-corrected chi connectivity index (χ4v) is 12.3. The van der Waals surface area contributed by atoms with Crippen molar-refractivity contribution >= 4 is 27.0 Å². The summed E-state index contributed by atoms with van der Waals surface area (Å²) >= 11 is 0. The van der Waals surface area contributed by atoms with Gasteiger partial charge in [-0.05, 0) is 57.5 Å². The summed E-state index contributed by atoms with van der Waals surface area (Å²) in [5, 5.41) is 2.74. The molecular formula is C40H60O5Si2. The molecule has 2 aromatic carbocycles. The molecule has 1 fully saturated rings. The monoisotopic (exact) mass is 676 g/mol. The van der Waals surface area contributed by atoms with Gasteiger partial charge in [0.05, 0.1) is 19.8 Å². The average molecular weight is 677 g/mol. The first kappa shape index (κ1) is 37.8. The average Bonchev–Trinajstić information content (AvgIpc) is 3.47. The largest absolute Gasteiger partial charge is 0.416 e. The van der Waals surface area contributed by atoms with Crippen LogP contribution in [0, 0.1) is 23.2 Å². The number of rotatable bonds is 12. The molecule has 258 valence electrons. The van der Waals surface area contributed by atoms with E-state index in [-0.39, 0.29) is 15.5 Å². The molecule has 1 aliphatic heterocycles. The van der Waals surface area contributed by atoms with Crippen molar-refractivity contribution in [3.05, 3.63) is 72.3 Å². The molecule has 0 unspecified atom stereocenters. The van der Waals surface area contributed by atoms with Crippen LogP contribution in [0.15, 0.2) is 72.3 Å². The topological polar surface area (TPSA) is 46.2 Å². The molecule has 5 nitrogen and oxygen atoms in total. The highest BCUT2D eigenvalue weighted by atomic mass is 28.4. The quantitative estimate of drug-likeness (QED) is 0.0985. The highest BCUT2D eigenvalue weighted by Gasteiger charge is 2.51. The summed E-state index contributed by atoms with van der Waals surface area (Å²) in [5.41, 5.74) is 1.03. The molecule has 7 heteroatoms. The summed E-state index contributed by atoms with van der Waals surface area (Å²) in [7, 11) is -4.44. The van der Waals surface area contributed by atoms with Gasteiger partial charge in [-0.1, -0.05) is 122 Å². The second-order valence-corrected chi connectivity index (χ2v) is 25.3. The first-order valence-electron chi connectivity index (χ1n) is 17.5. The van der Waals surface area contributed by atoms with Crippen molar-refractivity contribution in [3.8, 4) is 11.8 Å². The Balaban J connectivity index is 1.37. The molecule has 2 atom stereocenters. The zero-order valence-corrected chi connectivity index (χ0v) is 32.8. The van der Waals surface area contributed by atoms with Gasteiger partial charge in [-0.15, -0.1) is 5.92 Å². The fourth-order valence-electron chi connectivity index (χ4n) is 6.62. The van der Waals surface area contributed by atoms with E-state index >= 15 is 0 Å². The molecular weight excluding hydrogens is 617 g/mol. The van der Waals surface area contributed by atoms with Crippen LogP contribution in [0.2, 0.25) is 23.2 Å². The normalized spacial score (nSPS) is 21.7. The van der Waals surface area contributed by atoms with E-state index in [1.165, 1.54) is 15.9 Å². The van der Waals surface area contributed by atoms with Crippen LogP contribution in [0.3, 0.4) is 0 Å². The molecule has 0 radical (unpaired) electrons. The minimum Gasteiger partial charge on any atom is -0.416 e. The number of hydrogen-bond donors (Lipinski definition) is 0. The second kappa shape index (κ2) is 15.2. The molecule has 4 rings (SSSR count). The predicted octanol–water partition coefficient (Wildman–Crippen LogP) is 8.10. The number of ether oxygens (including phenoxy) is 3. The highest BCUT2D eigenvalue weighted by molar-refractivity contribution is 6.99. The van der Waals surface area contributed by atoms with Gasteiger partial charge in [-0.2, -0.15) is 0 Å².